The minimum atomic E-state index is 0.116. The minimum Gasteiger partial charge on any atom is -0.489 e. The fourth-order valence-electron chi connectivity index (χ4n) is 2.77. The lowest BCUT2D eigenvalue weighted by Gasteiger charge is -2.21. The Kier molecular flexibility index (Phi) is 4.86. The summed E-state index contributed by atoms with van der Waals surface area (Å²) in [6.07, 6.45) is 2.06. The highest BCUT2D eigenvalue weighted by Crippen LogP contribution is 2.19. The highest BCUT2D eigenvalue weighted by atomic mass is 16.5. The second-order valence-corrected chi connectivity index (χ2v) is 5.71. The van der Waals surface area contributed by atoms with Gasteiger partial charge in [0, 0.05) is 18.0 Å². The molecule has 0 saturated carbocycles. The summed E-state index contributed by atoms with van der Waals surface area (Å²) in [6.45, 7) is 2.36. The molecule has 0 spiro atoms. The largest absolute Gasteiger partial charge is 0.489 e. The molecule has 0 bridgehead atoms. The highest BCUT2D eigenvalue weighted by molar-refractivity contribution is 5.98. The van der Waals surface area contributed by atoms with Gasteiger partial charge in [0.2, 0.25) is 0 Å². The van der Waals surface area contributed by atoms with Gasteiger partial charge in [-0.3, -0.25) is 4.79 Å². The summed E-state index contributed by atoms with van der Waals surface area (Å²) in [5.74, 6) is 1.15. The van der Waals surface area contributed by atoms with E-state index in [0.717, 1.165) is 42.8 Å². The van der Waals surface area contributed by atoms with E-state index in [0.29, 0.717) is 6.61 Å². The van der Waals surface area contributed by atoms with Crippen LogP contribution in [0.4, 0.5) is 0 Å². The van der Waals surface area contributed by atoms with Crippen LogP contribution >= 0.6 is 0 Å². The number of Topliss-reactive ketones (excluding diaryl/α,β-unsaturated/α-hetero) is 1. The Morgan fingerprint density at radius 1 is 1.09 bits per heavy atom. The molecular weight excluding hydrogens is 274 g/mol. The summed E-state index contributed by atoms with van der Waals surface area (Å²) in [6, 6.07) is 17.6. The molecule has 2 aromatic carbocycles. The van der Waals surface area contributed by atoms with Gasteiger partial charge in [-0.25, -0.2) is 0 Å². The number of hydrogen-bond donors (Lipinski definition) is 1. The second kappa shape index (κ2) is 7.23. The molecule has 1 aliphatic rings. The Morgan fingerprint density at radius 3 is 2.55 bits per heavy atom. The third kappa shape index (κ3) is 3.74. The maximum atomic E-state index is 12.4. The SMILES string of the molecule is O=C(c1ccc(OCc2ccccc2)cc1)C1CCCNC1. The first-order chi connectivity index (χ1) is 10.8. The number of ether oxygens (including phenoxy) is 1. The molecular formula is C19H21NO2. The van der Waals surface area contributed by atoms with Gasteiger partial charge in [-0.2, -0.15) is 0 Å². The zero-order valence-electron chi connectivity index (χ0n) is 12.6. The molecule has 0 radical (unpaired) electrons. The van der Waals surface area contributed by atoms with E-state index < -0.39 is 0 Å². The zero-order chi connectivity index (χ0) is 15.2. The van der Waals surface area contributed by atoms with E-state index in [4.69, 9.17) is 4.74 Å². The van der Waals surface area contributed by atoms with Gasteiger partial charge in [-0.05, 0) is 49.2 Å². The Hall–Kier alpha value is -2.13. The van der Waals surface area contributed by atoms with Gasteiger partial charge in [0.15, 0.2) is 5.78 Å². The molecule has 0 aromatic heterocycles. The minimum absolute atomic E-state index is 0.116. The third-order valence-corrected chi connectivity index (χ3v) is 4.05. The van der Waals surface area contributed by atoms with Crippen LogP contribution in [0, 0.1) is 5.92 Å². The van der Waals surface area contributed by atoms with Crippen molar-refractivity contribution >= 4 is 5.78 Å². The molecule has 1 aliphatic heterocycles. The van der Waals surface area contributed by atoms with E-state index >= 15 is 0 Å². The summed E-state index contributed by atoms with van der Waals surface area (Å²) in [5.41, 5.74) is 1.91. The number of carbonyl (C=O) groups excluding carboxylic acids is 1. The van der Waals surface area contributed by atoms with Gasteiger partial charge in [0.05, 0.1) is 0 Å². The number of benzene rings is 2. The van der Waals surface area contributed by atoms with Crippen LogP contribution in [0.5, 0.6) is 5.75 Å². The Morgan fingerprint density at radius 2 is 1.86 bits per heavy atom. The van der Waals surface area contributed by atoms with Crippen LogP contribution in [0.25, 0.3) is 0 Å². The maximum Gasteiger partial charge on any atom is 0.167 e. The highest BCUT2D eigenvalue weighted by Gasteiger charge is 2.21. The van der Waals surface area contributed by atoms with Crippen molar-refractivity contribution in [2.45, 2.75) is 19.4 Å². The van der Waals surface area contributed by atoms with Crippen LogP contribution in [0.2, 0.25) is 0 Å². The molecule has 0 amide bonds. The molecule has 2 aromatic rings. The number of carbonyl (C=O) groups is 1. The third-order valence-electron chi connectivity index (χ3n) is 4.05. The van der Waals surface area contributed by atoms with Gasteiger partial charge in [-0.15, -0.1) is 0 Å². The van der Waals surface area contributed by atoms with Crippen molar-refractivity contribution in [3.05, 3.63) is 65.7 Å². The molecule has 3 nitrogen and oxygen atoms in total. The lowest BCUT2D eigenvalue weighted by Crippen LogP contribution is -2.34. The van der Waals surface area contributed by atoms with E-state index in [1.807, 2.05) is 54.6 Å². The molecule has 1 heterocycles. The van der Waals surface area contributed by atoms with Gasteiger partial charge in [-0.1, -0.05) is 30.3 Å². The van der Waals surface area contributed by atoms with E-state index in [1.165, 1.54) is 0 Å². The van der Waals surface area contributed by atoms with Crippen molar-refractivity contribution in [2.24, 2.45) is 5.92 Å². The first kappa shape index (κ1) is 14.8. The van der Waals surface area contributed by atoms with Crippen LogP contribution in [0.1, 0.15) is 28.8 Å². The summed E-state index contributed by atoms with van der Waals surface area (Å²) >= 11 is 0. The van der Waals surface area contributed by atoms with Crippen LogP contribution < -0.4 is 10.1 Å². The van der Waals surface area contributed by atoms with E-state index in [1.54, 1.807) is 0 Å². The first-order valence-electron chi connectivity index (χ1n) is 7.84. The van der Waals surface area contributed by atoms with E-state index in [2.05, 4.69) is 5.32 Å². The predicted octanol–water partition coefficient (Wildman–Crippen LogP) is 3.45. The summed E-state index contributed by atoms with van der Waals surface area (Å²) in [5, 5.41) is 3.29. The lowest BCUT2D eigenvalue weighted by atomic mass is 9.91. The van der Waals surface area contributed by atoms with Crippen molar-refractivity contribution in [1.82, 2.24) is 5.32 Å². The number of rotatable bonds is 5. The fourth-order valence-corrected chi connectivity index (χ4v) is 2.77. The van der Waals surface area contributed by atoms with Gasteiger partial charge in [0.25, 0.3) is 0 Å². The molecule has 1 unspecified atom stereocenters. The lowest BCUT2D eigenvalue weighted by molar-refractivity contribution is 0.0899. The smallest absolute Gasteiger partial charge is 0.167 e. The van der Waals surface area contributed by atoms with Crippen molar-refractivity contribution in [3.63, 3.8) is 0 Å². The molecule has 3 rings (SSSR count). The predicted molar refractivity (Wildman–Crippen MR) is 87.1 cm³/mol. The normalized spacial score (nSPS) is 17.9. The van der Waals surface area contributed by atoms with Gasteiger partial charge in [0.1, 0.15) is 12.4 Å². The topological polar surface area (TPSA) is 38.3 Å². The molecule has 114 valence electrons. The van der Waals surface area contributed by atoms with Crippen LogP contribution in [-0.4, -0.2) is 18.9 Å². The number of ketones is 1. The molecule has 1 fully saturated rings. The zero-order valence-corrected chi connectivity index (χ0v) is 12.6. The van der Waals surface area contributed by atoms with E-state index in [9.17, 15) is 4.79 Å². The molecule has 1 saturated heterocycles. The molecule has 1 N–H and O–H groups in total. The fraction of sp³-hybridized carbons (Fsp3) is 0.316. The first-order valence-corrected chi connectivity index (χ1v) is 7.84. The van der Waals surface area contributed by atoms with Gasteiger partial charge >= 0.3 is 0 Å². The second-order valence-electron chi connectivity index (χ2n) is 5.71. The molecule has 3 heteroatoms. The number of hydrogen-bond acceptors (Lipinski definition) is 3. The average Bonchev–Trinajstić information content (AvgIpc) is 2.61. The summed E-state index contributed by atoms with van der Waals surface area (Å²) < 4.78 is 5.75. The standard InChI is InChI=1S/C19H21NO2/c21-19(17-7-4-12-20-13-17)16-8-10-18(11-9-16)22-14-15-5-2-1-3-6-15/h1-3,5-6,8-11,17,20H,4,7,12-14H2. The maximum absolute atomic E-state index is 12.4. The molecule has 0 aliphatic carbocycles. The van der Waals surface area contributed by atoms with Crippen molar-refractivity contribution < 1.29 is 9.53 Å². The molecule has 1 atom stereocenters. The van der Waals surface area contributed by atoms with Gasteiger partial charge < -0.3 is 10.1 Å². The summed E-state index contributed by atoms with van der Waals surface area (Å²) in [4.78, 5) is 12.4. The van der Waals surface area contributed by atoms with Crippen molar-refractivity contribution in [2.75, 3.05) is 13.1 Å². The Labute approximate surface area is 131 Å². The van der Waals surface area contributed by atoms with Crippen LogP contribution in [-0.2, 0) is 6.61 Å². The van der Waals surface area contributed by atoms with Crippen molar-refractivity contribution in [1.29, 1.82) is 0 Å². The van der Waals surface area contributed by atoms with Crippen LogP contribution in [0.15, 0.2) is 54.6 Å². The Bertz CT molecular complexity index is 601. The number of piperidine rings is 1. The Balaban J connectivity index is 1.59. The van der Waals surface area contributed by atoms with Crippen LogP contribution in [0.3, 0.4) is 0 Å². The van der Waals surface area contributed by atoms with Crippen molar-refractivity contribution in [3.8, 4) is 5.75 Å². The monoisotopic (exact) mass is 295 g/mol. The molecule has 22 heavy (non-hydrogen) atoms. The number of nitrogens with one attached hydrogen (secondary N) is 1. The average molecular weight is 295 g/mol. The van der Waals surface area contributed by atoms with E-state index in [-0.39, 0.29) is 11.7 Å². The quantitative estimate of drug-likeness (QED) is 0.859. The summed E-state index contributed by atoms with van der Waals surface area (Å²) in [7, 11) is 0.